The number of nitrogens with two attached hydrogens (primary N) is 1. The van der Waals surface area contributed by atoms with Crippen LogP contribution in [0.5, 0.6) is 5.75 Å². The Bertz CT molecular complexity index is 2620. The largest absolute Gasteiger partial charge is 0.508 e. The Labute approximate surface area is 467 Å². The van der Waals surface area contributed by atoms with E-state index in [9.17, 15) is 82.8 Å². The molecule has 0 unspecified atom stereocenters. The topological polar surface area (TPSA) is 485 Å². The van der Waals surface area contributed by atoms with Crippen molar-refractivity contribution >= 4 is 116 Å². The average molecular weight is 1180 g/mol. The third-order valence-corrected chi connectivity index (χ3v) is 14.9. The number of carboxylic acids is 3. The molecule has 2 aromatic rings. The minimum atomic E-state index is -1.97. The summed E-state index contributed by atoms with van der Waals surface area (Å²) in [5, 5.41) is 72.6. The van der Waals surface area contributed by atoms with Crippen LogP contribution in [0.2, 0.25) is 0 Å². The predicted octanol–water partition coefficient (Wildman–Crippen LogP) is -5.27. The van der Waals surface area contributed by atoms with Crippen LogP contribution in [0.1, 0.15) is 36.8 Å². The van der Waals surface area contributed by atoms with E-state index in [2.05, 4.69) is 58.5 Å². The van der Waals surface area contributed by atoms with Gasteiger partial charge in [0, 0.05) is 36.6 Å². The van der Waals surface area contributed by atoms with E-state index < -0.39 is 180 Å². The second kappa shape index (κ2) is 32.5. The van der Waals surface area contributed by atoms with Crippen LogP contribution in [-0.2, 0) is 75.2 Å². The van der Waals surface area contributed by atoms with Crippen LogP contribution in [-0.4, -0.2) is 194 Å². The molecule has 0 aliphatic carbocycles. The van der Waals surface area contributed by atoms with Crippen molar-refractivity contribution in [3.63, 3.8) is 0 Å². The highest BCUT2D eigenvalue weighted by Crippen LogP contribution is 2.24. The number of nitrogens with one attached hydrogen (secondary N) is 12. The molecule has 80 heavy (non-hydrogen) atoms. The molecule has 2 aromatic carbocycles. The first-order valence-electron chi connectivity index (χ1n) is 24.3. The van der Waals surface area contributed by atoms with Crippen LogP contribution in [0, 0.1) is 5.41 Å². The quantitative estimate of drug-likeness (QED) is 0.0343. The van der Waals surface area contributed by atoms with Crippen LogP contribution < -0.4 is 64.2 Å². The Hall–Kier alpha value is -8.33. The summed E-state index contributed by atoms with van der Waals surface area (Å²) in [5.74, 6) is -18.0. The van der Waals surface area contributed by atoms with Gasteiger partial charge >= 0.3 is 17.9 Å². The number of phenolic OH excluding ortho intramolecular Hbond substituents is 1. The first kappa shape index (κ1) is 64.2. The normalized spacial score (nSPS) is 23.6. The lowest BCUT2D eigenvalue weighted by molar-refractivity contribution is -0.141. The van der Waals surface area contributed by atoms with E-state index in [4.69, 9.17) is 11.1 Å². The van der Waals surface area contributed by atoms with Crippen molar-refractivity contribution in [2.45, 2.75) is 86.9 Å². The lowest BCUT2D eigenvalue weighted by atomic mass is 10.0. The molecule has 0 radical (unpaired) electrons. The molecule has 18 N–H and O–H groups in total. The van der Waals surface area contributed by atoms with E-state index in [-0.39, 0.29) is 38.0 Å². The van der Waals surface area contributed by atoms with Crippen molar-refractivity contribution in [1.82, 2.24) is 58.5 Å². The zero-order valence-corrected chi connectivity index (χ0v) is 44.9. The van der Waals surface area contributed by atoms with Gasteiger partial charge in [-0.3, -0.25) is 67.7 Å². The van der Waals surface area contributed by atoms with E-state index in [1.54, 1.807) is 30.3 Å². The summed E-state index contributed by atoms with van der Waals surface area (Å²) in [6, 6.07) is -0.136. The summed E-state index contributed by atoms with van der Waals surface area (Å²) in [5.41, 5.74) is 6.20. The zero-order valence-electron chi connectivity index (χ0n) is 42.4. The Morgan fingerprint density at radius 3 is 1.62 bits per heavy atom. The first-order valence-corrected chi connectivity index (χ1v) is 28.0. The van der Waals surface area contributed by atoms with Gasteiger partial charge in [0.2, 0.25) is 59.1 Å². The maximum atomic E-state index is 14.5. The molecule has 4 rings (SSSR count). The molecule has 2 aliphatic heterocycles. The van der Waals surface area contributed by atoms with Gasteiger partial charge in [-0.1, -0.05) is 64.1 Å². The Balaban J connectivity index is 1.87. The SMILES string of the molecule is N=C(N)NCCC[C@@H]1NC(=O)[C@@H]2CSSC[C@H](NC(=O)[C@H](CC(=O)O)NC(=O)CNC1=O)C(=O)N[C@@H](Cc1ccccc1)C(=O)N[C@H](C(=O)NCC(=O)O)CSCC(=O)N[C@H](Cc1ccc(O)cc1)C(=O)N[C@@H](CC(=O)O)C(=O)N2. The molecule has 434 valence electrons. The van der Waals surface area contributed by atoms with Crippen LogP contribution in [0.25, 0.3) is 0 Å². The van der Waals surface area contributed by atoms with Crippen molar-refractivity contribution in [3.05, 3.63) is 65.7 Å². The summed E-state index contributed by atoms with van der Waals surface area (Å²) in [7, 11) is 1.56. The standard InChI is InChI=1S/C47H61N13O17S3/c48-47(49)50-12-4-7-26-39(70)51-17-34(62)53-29(15-36(64)65)43(74)59-33-21-80-79-20-32(45(76)55-26)60-44(75)30(16-37(66)67)57-41(72)27(14-24-8-10-25(61)11-9-24)54-35(63)22-78-19-31(40(71)52-18-38(68)69)58-42(73)28(56-46(33)77)13-23-5-2-1-3-6-23/h1-3,5-6,8-11,26-33,61H,4,7,12-22H2,(H,51,70)(H,52,71)(H,53,62)(H,54,63)(H,55,76)(H,56,77)(H,57,72)(H,58,73)(H,59,74)(H,60,75)(H,64,65)(H,66,67)(H,68,69)(H4,48,49,50)/t26-,27+,28-,29-,30-,31-,32-,33-/m0/s1. The Morgan fingerprint density at radius 2 is 1.06 bits per heavy atom. The molecule has 0 saturated carbocycles. The molecule has 30 nitrogen and oxygen atoms in total. The van der Waals surface area contributed by atoms with Gasteiger partial charge < -0.3 is 84.6 Å². The summed E-state index contributed by atoms with van der Waals surface area (Å²) < 4.78 is 0. The van der Waals surface area contributed by atoms with Gasteiger partial charge in [-0.15, -0.1) is 11.8 Å². The fourth-order valence-corrected chi connectivity index (χ4v) is 10.6. The monoisotopic (exact) mass is 1180 g/mol. The van der Waals surface area contributed by atoms with Gasteiger partial charge in [0.25, 0.3) is 0 Å². The number of carbonyl (C=O) groups is 13. The van der Waals surface area contributed by atoms with E-state index in [0.717, 1.165) is 33.3 Å². The Kier molecular flexibility index (Phi) is 26.1. The third-order valence-electron chi connectivity index (χ3n) is 11.4. The molecule has 2 aliphatic rings. The van der Waals surface area contributed by atoms with Crippen molar-refractivity contribution in [1.29, 1.82) is 5.41 Å². The van der Waals surface area contributed by atoms with Crippen molar-refractivity contribution in [2.24, 2.45) is 5.73 Å². The third kappa shape index (κ3) is 22.9. The average Bonchev–Trinajstić information content (AvgIpc) is 3.39. The fourth-order valence-electron chi connectivity index (χ4n) is 7.44. The van der Waals surface area contributed by atoms with Gasteiger partial charge in [0.05, 0.1) is 25.1 Å². The smallest absolute Gasteiger partial charge is 0.322 e. The van der Waals surface area contributed by atoms with Gasteiger partial charge in [-0.05, 0) is 36.1 Å². The number of aromatic hydroxyl groups is 1. The summed E-state index contributed by atoms with van der Waals surface area (Å²) in [6.45, 7) is -1.81. The van der Waals surface area contributed by atoms with E-state index in [1.807, 2.05) is 0 Å². The van der Waals surface area contributed by atoms with Gasteiger partial charge in [-0.2, -0.15) is 0 Å². The lowest BCUT2D eigenvalue weighted by Crippen LogP contribution is -2.60. The number of carboxylic acid groups (broad SMARTS) is 3. The maximum Gasteiger partial charge on any atom is 0.322 e. The van der Waals surface area contributed by atoms with Crippen LogP contribution in [0.15, 0.2) is 54.6 Å². The fraction of sp³-hybridized carbons (Fsp3) is 0.447. The minimum Gasteiger partial charge on any atom is -0.508 e. The summed E-state index contributed by atoms with van der Waals surface area (Å²) >= 11 is 0.722. The second-order valence-corrected chi connectivity index (χ2v) is 21.3. The van der Waals surface area contributed by atoms with Crippen LogP contribution in [0.3, 0.4) is 0 Å². The molecule has 2 bridgehead atoms. The number of rotatable bonds is 15. The summed E-state index contributed by atoms with van der Waals surface area (Å²) in [4.78, 5) is 175. The molecule has 2 fully saturated rings. The van der Waals surface area contributed by atoms with Crippen LogP contribution >= 0.6 is 33.3 Å². The second-order valence-electron chi connectivity index (χ2n) is 17.8. The number of phenols is 1. The highest BCUT2D eigenvalue weighted by Gasteiger charge is 2.36. The molecule has 10 amide bonds. The molecule has 2 saturated heterocycles. The number of fused-ring (bicyclic) bond motifs is 5. The number of amides is 10. The van der Waals surface area contributed by atoms with Gasteiger partial charge in [0.1, 0.15) is 60.6 Å². The molecule has 33 heteroatoms. The number of carbonyl (C=O) groups excluding carboxylic acids is 10. The Morgan fingerprint density at radius 1 is 0.562 bits per heavy atom. The molecular weight excluding hydrogens is 1110 g/mol. The minimum absolute atomic E-state index is 0.0103. The highest BCUT2D eigenvalue weighted by atomic mass is 33.1. The molecule has 0 aromatic heterocycles. The number of guanidine groups is 1. The van der Waals surface area contributed by atoms with Crippen LogP contribution in [0.4, 0.5) is 0 Å². The van der Waals surface area contributed by atoms with E-state index in [0.29, 0.717) is 11.1 Å². The highest BCUT2D eigenvalue weighted by molar-refractivity contribution is 8.76. The number of aliphatic carboxylic acids is 3. The van der Waals surface area contributed by atoms with Gasteiger partial charge in [-0.25, -0.2) is 0 Å². The number of hydrogen-bond donors (Lipinski definition) is 17. The summed E-state index contributed by atoms with van der Waals surface area (Å²) in [6.07, 6.45) is -2.88. The molecule has 2 heterocycles. The zero-order chi connectivity index (χ0) is 58.9. The van der Waals surface area contributed by atoms with Crippen molar-refractivity contribution in [2.75, 3.05) is 42.6 Å². The number of hydrogen-bond acceptors (Lipinski definition) is 18. The maximum absolute atomic E-state index is 14.5. The first-order chi connectivity index (χ1) is 38.0. The number of benzene rings is 2. The van der Waals surface area contributed by atoms with E-state index >= 15 is 0 Å². The number of thioether (sulfide) groups is 1. The lowest BCUT2D eigenvalue weighted by Gasteiger charge is -2.26. The van der Waals surface area contributed by atoms with Crippen molar-refractivity contribution in [3.8, 4) is 5.75 Å². The predicted molar refractivity (Wildman–Crippen MR) is 287 cm³/mol. The molecular formula is C47H61N13O17S3. The molecule has 8 atom stereocenters. The van der Waals surface area contributed by atoms with Gasteiger partial charge in [0.15, 0.2) is 5.96 Å². The van der Waals surface area contributed by atoms with E-state index in [1.165, 1.54) is 24.3 Å². The van der Waals surface area contributed by atoms with Crippen molar-refractivity contribution < 1.29 is 82.8 Å². The molecule has 0 spiro atoms.